The number of benzene rings is 2. The predicted molar refractivity (Wildman–Crippen MR) is 77.5 cm³/mol. The standard InChI is InChI=1S/C17H19NO/c1-2-4-14(5-3-1)8-10-18-13-15-6-7-17-16(12-15)9-11-19-17/h1-7,12,18H,8-11,13H2. The molecule has 1 N–H and O–H groups in total. The van der Waals surface area contributed by atoms with Crippen LogP contribution in [0.15, 0.2) is 48.5 Å². The van der Waals surface area contributed by atoms with Crippen molar-refractivity contribution in [2.45, 2.75) is 19.4 Å². The Morgan fingerprint density at radius 1 is 1.00 bits per heavy atom. The number of fused-ring (bicyclic) bond motifs is 1. The van der Waals surface area contributed by atoms with E-state index >= 15 is 0 Å². The van der Waals surface area contributed by atoms with Crippen LogP contribution in [0.25, 0.3) is 0 Å². The molecule has 0 fully saturated rings. The molecule has 2 heteroatoms. The topological polar surface area (TPSA) is 21.3 Å². The van der Waals surface area contributed by atoms with E-state index in [1.165, 1.54) is 16.7 Å². The van der Waals surface area contributed by atoms with E-state index in [1.807, 2.05) is 0 Å². The second-order valence-electron chi connectivity index (χ2n) is 4.95. The monoisotopic (exact) mass is 253 g/mol. The Kier molecular flexibility index (Phi) is 3.80. The van der Waals surface area contributed by atoms with E-state index in [0.29, 0.717) is 0 Å². The van der Waals surface area contributed by atoms with Gasteiger partial charge in [-0.25, -0.2) is 0 Å². The summed E-state index contributed by atoms with van der Waals surface area (Å²) in [5.41, 5.74) is 4.08. The van der Waals surface area contributed by atoms with Crippen molar-refractivity contribution >= 4 is 0 Å². The molecule has 0 aliphatic carbocycles. The van der Waals surface area contributed by atoms with E-state index in [4.69, 9.17) is 4.74 Å². The molecule has 0 spiro atoms. The van der Waals surface area contributed by atoms with Crippen molar-refractivity contribution in [1.82, 2.24) is 5.32 Å². The second kappa shape index (κ2) is 5.89. The number of hydrogen-bond donors (Lipinski definition) is 1. The maximum Gasteiger partial charge on any atom is 0.122 e. The van der Waals surface area contributed by atoms with E-state index in [2.05, 4.69) is 53.8 Å². The maximum absolute atomic E-state index is 5.52. The van der Waals surface area contributed by atoms with Crippen LogP contribution in [-0.4, -0.2) is 13.2 Å². The molecule has 19 heavy (non-hydrogen) atoms. The third-order valence-corrected chi connectivity index (χ3v) is 3.52. The van der Waals surface area contributed by atoms with Gasteiger partial charge in [0.05, 0.1) is 6.61 Å². The minimum Gasteiger partial charge on any atom is -0.493 e. The average molecular weight is 253 g/mol. The molecule has 0 amide bonds. The van der Waals surface area contributed by atoms with Crippen LogP contribution in [-0.2, 0) is 19.4 Å². The second-order valence-corrected chi connectivity index (χ2v) is 4.95. The normalized spacial score (nSPS) is 13.1. The van der Waals surface area contributed by atoms with Crippen LogP contribution in [0.4, 0.5) is 0 Å². The van der Waals surface area contributed by atoms with Crippen LogP contribution < -0.4 is 10.1 Å². The summed E-state index contributed by atoms with van der Waals surface area (Å²) >= 11 is 0. The third kappa shape index (κ3) is 3.15. The van der Waals surface area contributed by atoms with Crippen LogP contribution in [0.1, 0.15) is 16.7 Å². The quantitative estimate of drug-likeness (QED) is 0.827. The van der Waals surface area contributed by atoms with Crippen molar-refractivity contribution in [1.29, 1.82) is 0 Å². The fourth-order valence-corrected chi connectivity index (χ4v) is 2.46. The summed E-state index contributed by atoms with van der Waals surface area (Å²) in [6.45, 7) is 2.78. The third-order valence-electron chi connectivity index (χ3n) is 3.52. The van der Waals surface area contributed by atoms with Gasteiger partial charge in [0.2, 0.25) is 0 Å². The van der Waals surface area contributed by atoms with Gasteiger partial charge in [0.1, 0.15) is 5.75 Å². The molecule has 0 aromatic heterocycles. The van der Waals surface area contributed by atoms with Crippen LogP contribution in [0.2, 0.25) is 0 Å². The molecule has 0 saturated heterocycles. The molecular formula is C17H19NO. The van der Waals surface area contributed by atoms with Crippen molar-refractivity contribution in [3.05, 3.63) is 65.2 Å². The Morgan fingerprint density at radius 3 is 2.79 bits per heavy atom. The van der Waals surface area contributed by atoms with E-state index in [-0.39, 0.29) is 0 Å². The molecule has 2 nitrogen and oxygen atoms in total. The van der Waals surface area contributed by atoms with Gasteiger partial charge in [-0.2, -0.15) is 0 Å². The summed E-state index contributed by atoms with van der Waals surface area (Å²) in [5.74, 6) is 1.06. The van der Waals surface area contributed by atoms with Gasteiger partial charge in [0.15, 0.2) is 0 Å². The molecule has 0 radical (unpaired) electrons. The first-order valence-corrected chi connectivity index (χ1v) is 6.91. The first kappa shape index (κ1) is 12.2. The van der Waals surface area contributed by atoms with E-state index in [1.54, 1.807) is 0 Å². The van der Waals surface area contributed by atoms with Crippen LogP contribution in [0.5, 0.6) is 5.75 Å². The summed E-state index contributed by atoms with van der Waals surface area (Å²) in [4.78, 5) is 0. The zero-order chi connectivity index (χ0) is 12.9. The molecule has 3 rings (SSSR count). The molecule has 0 saturated carbocycles. The Labute approximate surface area is 114 Å². The highest BCUT2D eigenvalue weighted by atomic mass is 16.5. The van der Waals surface area contributed by atoms with Crippen LogP contribution in [0.3, 0.4) is 0 Å². The van der Waals surface area contributed by atoms with E-state index in [9.17, 15) is 0 Å². The zero-order valence-corrected chi connectivity index (χ0v) is 11.1. The molecule has 0 bridgehead atoms. The number of nitrogens with one attached hydrogen (secondary N) is 1. The summed E-state index contributed by atoms with van der Waals surface area (Å²) < 4.78 is 5.52. The molecule has 2 aromatic rings. The molecule has 1 aliphatic rings. The molecule has 1 aliphatic heterocycles. The van der Waals surface area contributed by atoms with E-state index in [0.717, 1.165) is 38.3 Å². The zero-order valence-electron chi connectivity index (χ0n) is 11.1. The maximum atomic E-state index is 5.52. The smallest absolute Gasteiger partial charge is 0.122 e. The van der Waals surface area contributed by atoms with Crippen molar-refractivity contribution in [2.75, 3.05) is 13.2 Å². The largest absolute Gasteiger partial charge is 0.493 e. The predicted octanol–water partition coefficient (Wildman–Crippen LogP) is 2.95. The van der Waals surface area contributed by atoms with E-state index < -0.39 is 0 Å². The minimum atomic E-state index is 0.834. The average Bonchev–Trinajstić information content (AvgIpc) is 2.92. The van der Waals surface area contributed by atoms with Gasteiger partial charge in [-0.15, -0.1) is 0 Å². The SMILES string of the molecule is c1ccc(CCNCc2ccc3c(c2)CCO3)cc1. The van der Waals surface area contributed by atoms with Crippen LogP contribution in [0, 0.1) is 0 Å². The lowest BCUT2D eigenvalue weighted by molar-refractivity contribution is 0.357. The summed E-state index contributed by atoms with van der Waals surface area (Å²) in [5, 5.41) is 3.50. The van der Waals surface area contributed by atoms with Crippen molar-refractivity contribution in [3.63, 3.8) is 0 Å². The van der Waals surface area contributed by atoms with Crippen molar-refractivity contribution < 1.29 is 4.74 Å². The molecule has 98 valence electrons. The Morgan fingerprint density at radius 2 is 1.89 bits per heavy atom. The summed E-state index contributed by atoms with van der Waals surface area (Å²) in [7, 11) is 0. The van der Waals surface area contributed by atoms with Gasteiger partial charge < -0.3 is 10.1 Å². The van der Waals surface area contributed by atoms with Gasteiger partial charge >= 0.3 is 0 Å². The summed E-state index contributed by atoms with van der Waals surface area (Å²) in [6, 6.07) is 17.1. The molecule has 0 unspecified atom stereocenters. The van der Waals surface area contributed by atoms with Crippen LogP contribution >= 0.6 is 0 Å². The highest BCUT2D eigenvalue weighted by Crippen LogP contribution is 2.25. The van der Waals surface area contributed by atoms with Crippen molar-refractivity contribution in [2.24, 2.45) is 0 Å². The molecule has 1 heterocycles. The fraction of sp³-hybridized carbons (Fsp3) is 0.294. The number of rotatable bonds is 5. The van der Waals surface area contributed by atoms with Gasteiger partial charge in [-0.1, -0.05) is 42.5 Å². The first-order chi connectivity index (χ1) is 9.42. The van der Waals surface area contributed by atoms with Gasteiger partial charge in [-0.3, -0.25) is 0 Å². The minimum absolute atomic E-state index is 0.834. The highest BCUT2D eigenvalue weighted by molar-refractivity contribution is 5.39. The van der Waals surface area contributed by atoms with Gasteiger partial charge in [-0.05, 0) is 35.7 Å². The highest BCUT2D eigenvalue weighted by Gasteiger charge is 2.11. The van der Waals surface area contributed by atoms with Gasteiger partial charge in [0.25, 0.3) is 0 Å². The lowest BCUT2D eigenvalue weighted by Gasteiger charge is -2.06. The van der Waals surface area contributed by atoms with Gasteiger partial charge in [0, 0.05) is 13.0 Å². The lowest BCUT2D eigenvalue weighted by Crippen LogP contribution is -2.16. The number of ether oxygens (including phenoxy) is 1. The molecule has 0 atom stereocenters. The van der Waals surface area contributed by atoms with Crippen molar-refractivity contribution in [3.8, 4) is 5.75 Å². The first-order valence-electron chi connectivity index (χ1n) is 6.91. The number of hydrogen-bond acceptors (Lipinski definition) is 2. The Bertz CT molecular complexity index is 536. The molecule has 2 aromatic carbocycles. The Hall–Kier alpha value is -1.80. The fourth-order valence-electron chi connectivity index (χ4n) is 2.46. The summed E-state index contributed by atoms with van der Waals surface area (Å²) in [6.07, 6.45) is 2.13. The lowest BCUT2D eigenvalue weighted by atomic mass is 10.1. The Balaban J connectivity index is 1.48. The molecular weight excluding hydrogens is 234 g/mol.